The number of nitro benzene ring substituents is 1. The van der Waals surface area contributed by atoms with Gasteiger partial charge in [0.05, 0.1) is 10.5 Å². The molecule has 0 saturated carbocycles. The van der Waals surface area contributed by atoms with Crippen LogP contribution >= 0.6 is 0 Å². The van der Waals surface area contributed by atoms with Crippen molar-refractivity contribution in [2.75, 3.05) is 24.3 Å². The molecule has 0 aliphatic rings. The van der Waals surface area contributed by atoms with Gasteiger partial charge in [0.15, 0.2) is 6.10 Å². The lowest BCUT2D eigenvalue weighted by molar-refractivity contribution is -0.387. The number of carbonyl (C=O) groups excluding carboxylic acids is 2. The van der Waals surface area contributed by atoms with Crippen LogP contribution in [-0.2, 0) is 9.53 Å². The zero-order valence-corrected chi connectivity index (χ0v) is 14.9. The molecule has 0 bridgehead atoms. The van der Waals surface area contributed by atoms with Gasteiger partial charge in [0, 0.05) is 31.5 Å². The molecule has 0 saturated heterocycles. The molecule has 0 aromatic heterocycles. The summed E-state index contributed by atoms with van der Waals surface area (Å²) >= 11 is 0. The number of nitrogens with one attached hydrogen (secondary N) is 1. The summed E-state index contributed by atoms with van der Waals surface area (Å²) in [5.74, 6) is -2.40. The van der Waals surface area contributed by atoms with Crippen LogP contribution in [0.2, 0.25) is 0 Å². The van der Waals surface area contributed by atoms with E-state index >= 15 is 0 Å². The molecule has 0 heterocycles. The van der Waals surface area contributed by atoms with Gasteiger partial charge in [-0.05, 0) is 37.3 Å². The summed E-state index contributed by atoms with van der Waals surface area (Å²) in [6, 6.07) is 9.62. The number of esters is 1. The fourth-order valence-electron chi connectivity index (χ4n) is 2.17. The first-order chi connectivity index (χ1) is 12.7. The molecule has 9 heteroatoms. The number of amides is 1. The number of benzene rings is 2. The monoisotopic (exact) mass is 375 g/mol. The van der Waals surface area contributed by atoms with E-state index in [9.17, 15) is 24.1 Å². The lowest BCUT2D eigenvalue weighted by Gasteiger charge is -2.15. The minimum absolute atomic E-state index is 0.0191. The van der Waals surface area contributed by atoms with E-state index in [1.165, 1.54) is 13.0 Å². The number of nitro groups is 1. The van der Waals surface area contributed by atoms with Crippen molar-refractivity contribution in [1.82, 2.24) is 0 Å². The number of nitrogens with zero attached hydrogens (tertiary/aromatic N) is 2. The number of hydrogen-bond donors (Lipinski definition) is 1. The van der Waals surface area contributed by atoms with Crippen LogP contribution in [0.25, 0.3) is 0 Å². The third kappa shape index (κ3) is 5.00. The number of anilines is 2. The smallest absolute Gasteiger partial charge is 0.338 e. The van der Waals surface area contributed by atoms with E-state index in [1.54, 1.807) is 18.2 Å². The largest absolute Gasteiger partial charge is 0.449 e. The molecule has 8 nitrogen and oxygen atoms in total. The van der Waals surface area contributed by atoms with Gasteiger partial charge in [-0.25, -0.2) is 4.79 Å². The van der Waals surface area contributed by atoms with Crippen LogP contribution in [-0.4, -0.2) is 37.0 Å². The summed E-state index contributed by atoms with van der Waals surface area (Å²) in [6.45, 7) is 1.36. The predicted octanol–water partition coefficient (Wildman–Crippen LogP) is 2.98. The maximum atomic E-state index is 13.3. The Balaban J connectivity index is 2.05. The molecule has 2 aromatic carbocycles. The molecular formula is C18H18FN3O5. The fourth-order valence-corrected chi connectivity index (χ4v) is 2.17. The standard InChI is InChI=1S/C18H18FN3O5/c1-11(27-18(24)12-5-4-6-14(9-12)21(2)3)17(23)20-13-7-8-15(19)16(10-13)22(25)26/h4-11H,1-3H3,(H,20,23)/t11-/m1/s1. The topological polar surface area (TPSA) is 102 Å². The highest BCUT2D eigenvalue weighted by Gasteiger charge is 2.21. The van der Waals surface area contributed by atoms with Gasteiger partial charge >= 0.3 is 11.7 Å². The normalized spacial score (nSPS) is 11.4. The summed E-state index contributed by atoms with van der Waals surface area (Å²) < 4.78 is 18.5. The molecule has 0 radical (unpaired) electrons. The van der Waals surface area contributed by atoms with Gasteiger partial charge in [0.25, 0.3) is 5.91 Å². The van der Waals surface area contributed by atoms with Gasteiger partial charge in [-0.2, -0.15) is 4.39 Å². The van der Waals surface area contributed by atoms with E-state index in [0.29, 0.717) is 0 Å². The summed E-state index contributed by atoms with van der Waals surface area (Å²) in [6.07, 6.45) is -1.16. The van der Waals surface area contributed by atoms with E-state index in [4.69, 9.17) is 4.74 Å². The molecule has 1 amide bonds. The lowest BCUT2D eigenvalue weighted by atomic mass is 10.2. The van der Waals surface area contributed by atoms with Crippen LogP contribution in [0.1, 0.15) is 17.3 Å². The number of carbonyl (C=O) groups is 2. The second kappa shape index (κ2) is 8.26. The first kappa shape index (κ1) is 19.8. The van der Waals surface area contributed by atoms with Crippen LogP contribution in [0.15, 0.2) is 42.5 Å². The molecular weight excluding hydrogens is 357 g/mol. The van der Waals surface area contributed by atoms with Crippen LogP contribution in [0, 0.1) is 15.9 Å². The van der Waals surface area contributed by atoms with Crippen molar-refractivity contribution in [1.29, 1.82) is 0 Å². The summed E-state index contributed by atoms with van der Waals surface area (Å²) in [4.78, 5) is 36.0. The molecule has 0 fully saturated rings. The number of hydrogen-bond acceptors (Lipinski definition) is 6. The molecule has 0 aliphatic carbocycles. The predicted molar refractivity (Wildman–Crippen MR) is 97.3 cm³/mol. The molecule has 0 aliphatic heterocycles. The first-order valence-electron chi connectivity index (χ1n) is 7.92. The van der Waals surface area contributed by atoms with Crippen molar-refractivity contribution in [3.8, 4) is 0 Å². The number of ether oxygens (including phenoxy) is 1. The Bertz CT molecular complexity index is 885. The van der Waals surface area contributed by atoms with Gasteiger partial charge in [0.2, 0.25) is 5.82 Å². The van der Waals surface area contributed by atoms with E-state index in [0.717, 1.165) is 17.8 Å². The Labute approximate surface area is 154 Å². The van der Waals surface area contributed by atoms with Crippen LogP contribution in [0.5, 0.6) is 0 Å². The molecule has 2 rings (SSSR count). The SMILES string of the molecule is C[C@@H](OC(=O)c1cccc(N(C)C)c1)C(=O)Nc1ccc(F)c([N+](=O)[O-])c1. The Morgan fingerprint density at radius 1 is 1.22 bits per heavy atom. The minimum Gasteiger partial charge on any atom is -0.449 e. The van der Waals surface area contributed by atoms with E-state index < -0.39 is 34.4 Å². The van der Waals surface area contributed by atoms with E-state index in [1.807, 2.05) is 25.1 Å². The van der Waals surface area contributed by atoms with Crippen LogP contribution < -0.4 is 10.2 Å². The molecule has 1 N–H and O–H groups in total. The van der Waals surface area contributed by atoms with Gasteiger partial charge in [-0.3, -0.25) is 14.9 Å². The van der Waals surface area contributed by atoms with E-state index in [-0.39, 0.29) is 11.3 Å². The Morgan fingerprint density at radius 3 is 2.56 bits per heavy atom. The highest BCUT2D eigenvalue weighted by molar-refractivity contribution is 5.97. The average Bonchev–Trinajstić information content (AvgIpc) is 2.62. The molecule has 142 valence electrons. The second-order valence-corrected chi connectivity index (χ2v) is 5.90. The van der Waals surface area contributed by atoms with Crippen molar-refractivity contribution in [3.63, 3.8) is 0 Å². The average molecular weight is 375 g/mol. The maximum absolute atomic E-state index is 13.3. The summed E-state index contributed by atoms with van der Waals surface area (Å²) in [7, 11) is 3.64. The fraction of sp³-hybridized carbons (Fsp3) is 0.222. The highest BCUT2D eigenvalue weighted by Crippen LogP contribution is 2.22. The van der Waals surface area contributed by atoms with Crippen molar-refractivity contribution in [2.45, 2.75) is 13.0 Å². The Kier molecular flexibility index (Phi) is 6.07. The number of rotatable bonds is 6. The second-order valence-electron chi connectivity index (χ2n) is 5.90. The zero-order valence-electron chi connectivity index (χ0n) is 14.9. The number of halogens is 1. The Morgan fingerprint density at radius 2 is 1.93 bits per heavy atom. The van der Waals surface area contributed by atoms with Crippen molar-refractivity contribution in [3.05, 3.63) is 64.0 Å². The molecule has 27 heavy (non-hydrogen) atoms. The lowest BCUT2D eigenvalue weighted by Crippen LogP contribution is -2.30. The maximum Gasteiger partial charge on any atom is 0.338 e. The quantitative estimate of drug-likeness (QED) is 0.473. The first-order valence-corrected chi connectivity index (χ1v) is 7.92. The van der Waals surface area contributed by atoms with Gasteiger partial charge in [0.1, 0.15) is 0 Å². The van der Waals surface area contributed by atoms with Gasteiger partial charge in [-0.1, -0.05) is 6.07 Å². The van der Waals surface area contributed by atoms with Crippen molar-refractivity contribution in [2.24, 2.45) is 0 Å². The zero-order chi connectivity index (χ0) is 20.1. The van der Waals surface area contributed by atoms with Crippen molar-refractivity contribution >= 4 is 28.9 Å². The molecule has 2 aromatic rings. The van der Waals surface area contributed by atoms with Crippen LogP contribution in [0.4, 0.5) is 21.5 Å². The van der Waals surface area contributed by atoms with Gasteiger partial charge < -0.3 is 15.0 Å². The highest BCUT2D eigenvalue weighted by atomic mass is 19.1. The molecule has 1 atom stereocenters. The van der Waals surface area contributed by atoms with Crippen LogP contribution in [0.3, 0.4) is 0 Å². The molecule has 0 spiro atoms. The minimum atomic E-state index is -1.16. The summed E-state index contributed by atoms with van der Waals surface area (Å²) in [5, 5.41) is 13.1. The Hall–Kier alpha value is -3.49. The third-order valence-corrected chi connectivity index (χ3v) is 3.66. The molecule has 0 unspecified atom stereocenters. The van der Waals surface area contributed by atoms with Gasteiger partial charge in [-0.15, -0.1) is 0 Å². The third-order valence-electron chi connectivity index (χ3n) is 3.66. The van der Waals surface area contributed by atoms with E-state index in [2.05, 4.69) is 5.32 Å². The summed E-state index contributed by atoms with van der Waals surface area (Å²) in [5.41, 5.74) is 0.321. The van der Waals surface area contributed by atoms with Crippen molar-refractivity contribution < 1.29 is 23.6 Å².